The number of amides is 1. The molecule has 24 heavy (non-hydrogen) atoms. The van der Waals surface area contributed by atoms with Gasteiger partial charge in [0.05, 0.1) is 0 Å². The van der Waals surface area contributed by atoms with E-state index in [1.54, 1.807) is 12.1 Å². The van der Waals surface area contributed by atoms with Crippen LogP contribution in [0.2, 0.25) is 0 Å². The summed E-state index contributed by atoms with van der Waals surface area (Å²) < 4.78 is 28.4. The van der Waals surface area contributed by atoms with Gasteiger partial charge < -0.3 is 10.1 Å². The van der Waals surface area contributed by atoms with E-state index in [-0.39, 0.29) is 11.7 Å². The normalized spacial score (nSPS) is 17.2. The van der Waals surface area contributed by atoms with Crippen LogP contribution in [0, 0.1) is 0 Å². The molecule has 134 valence electrons. The van der Waals surface area contributed by atoms with Crippen molar-refractivity contribution in [1.29, 1.82) is 0 Å². The summed E-state index contributed by atoms with van der Waals surface area (Å²) >= 11 is 0. The summed E-state index contributed by atoms with van der Waals surface area (Å²) in [4.78, 5) is 11.8. The second-order valence-electron chi connectivity index (χ2n) is 5.70. The van der Waals surface area contributed by atoms with Crippen molar-refractivity contribution in [1.82, 2.24) is 5.32 Å². The van der Waals surface area contributed by atoms with Gasteiger partial charge in [-0.05, 0) is 43.4 Å². The molecule has 0 spiro atoms. The molecule has 2 rings (SSSR count). The predicted molar refractivity (Wildman–Crippen MR) is 96.7 cm³/mol. The Kier molecular flexibility index (Phi) is 8.74. The Morgan fingerprint density at radius 2 is 2.08 bits per heavy atom. The van der Waals surface area contributed by atoms with Crippen LogP contribution in [0.5, 0.6) is 5.75 Å². The van der Waals surface area contributed by atoms with E-state index in [9.17, 15) is 13.6 Å². The van der Waals surface area contributed by atoms with E-state index >= 15 is 0 Å². The molecule has 1 aliphatic heterocycles. The number of benzene rings is 1. The van der Waals surface area contributed by atoms with E-state index in [2.05, 4.69) is 10.1 Å². The molecule has 1 unspecified atom stereocenters. The average Bonchev–Trinajstić information content (AvgIpc) is 3.06. The van der Waals surface area contributed by atoms with Gasteiger partial charge in [0.1, 0.15) is 5.75 Å². The molecule has 0 saturated carbocycles. The molecule has 1 fully saturated rings. The molecule has 1 aromatic carbocycles. The smallest absolute Gasteiger partial charge is 0.387 e. The van der Waals surface area contributed by atoms with Crippen molar-refractivity contribution in [3.63, 3.8) is 0 Å². The molecule has 1 amide bonds. The van der Waals surface area contributed by atoms with Gasteiger partial charge in [0, 0.05) is 24.0 Å². The monoisotopic (exact) mass is 375 g/mol. The molecule has 3 nitrogen and oxygen atoms in total. The maximum absolute atomic E-state index is 12.1. The minimum Gasteiger partial charge on any atom is -0.435 e. The predicted octanol–water partition coefficient (Wildman–Crippen LogP) is 4.66. The lowest BCUT2D eigenvalue weighted by Gasteiger charge is -2.08. The second kappa shape index (κ2) is 10.8. The Hall–Kier alpha value is -0.950. The third-order valence-electron chi connectivity index (χ3n) is 3.79. The van der Waals surface area contributed by atoms with E-state index in [0.717, 1.165) is 23.7 Å². The fraction of sp³-hybridized carbons (Fsp3) is 0.588. The van der Waals surface area contributed by atoms with E-state index < -0.39 is 6.61 Å². The van der Waals surface area contributed by atoms with Crippen LogP contribution in [0.4, 0.5) is 8.78 Å². The number of rotatable bonds is 10. The van der Waals surface area contributed by atoms with Gasteiger partial charge >= 0.3 is 6.61 Å². The molecular formula is C17H23F2NO2S2. The van der Waals surface area contributed by atoms with Gasteiger partial charge in [-0.3, -0.25) is 4.79 Å². The number of carbonyl (C=O) groups is 1. The number of halogens is 2. The van der Waals surface area contributed by atoms with Crippen LogP contribution < -0.4 is 10.1 Å². The summed E-state index contributed by atoms with van der Waals surface area (Å²) in [5, 5.41) is 3.68. The molecule has 0 bridgehead atoms. The molecule has 1 aromatic rings. The Labute approximate surface area is 149 Å². The number of hydrogen-bond donors (Lipinski definition) is 1. The van der Waals surface area contributed by atoms with Crippen molar-refractivity contribution >= 4 is 27.5 Å². The van der Waals surface area contributed by atoms with Gasteiger partial charge in [0.2, 0.25) is 5.91 Å². The molecule has 0 aromatic heterocycles. The molecular weight excluding hydrogens is 352 g/mol. The summed E-state index contributed by atoms with van der Waals surface area (Å²) in [6.45, 7) is -2.25. The van der Waals surface area contributed by atoms with E-state index in [1.165, 1.54) is 30.7 Å². The summed E-state index contributed by atoms with van der Waals surface area (Å²) in [7, 11) is 3.93. The molecule has 1 N–H and O–H groups in total. The van der Waals surface area contributed by atoms with Gasteiger partial charge in [-0.1, -0.05) is 40.1 Å². The SMILES string of the molecule is O=C(CCCCC1CCSS1)NCCc1ccc(OC(F)F)cc1. The largest absolute Gasteiger partial charge is 0.435 e. The maximum Gasteiger partial charge on any atom is 0.387 e. The third-order valence-corrected chi connectivity index (χ3v) is 6.80. The van der Waals surface area contributed by atoms with Crippen LogP contribution in [0.25, 0.3) is 0 Å². The number of nitrogens with one attached hydrogen (secondary N) is 1. The Morgan fingerprint density at radius 1 is 1.29 bits per heavy atom. The van der Waals surface area contributed by atoms with Crippen LogP contribution in [-0.4, -0.2) is 30.1 Å². The zero-order valence-electron chi connectivity index (χ0n) is 13.5. The van der Waals surface area contributed by atoms with Crippen molar-refractivity contribution in [2.45, 2.75) is 50.4 Å². The van der Waals surface area contributed by atoms with Crippen molar-refractivity contribution in [3.8, 4) is 5.75 Å². The topological polar surface area (TPSA) is 38.3 Å². The minimum atomic E-state index is -2.80. The van der Waals surface area contributed by atoms with Gasteiger partial charge in [0.15, 0.2) is 0 Å². The van der Waals surface area contributed by atoms with E-state index in [0.29, 0.717) is 19.4 Å². The highest BCUT2D eigenvalue weighted by atomic mass is 33.1. The van der Waals surface area contributed by atoms with Gasteiger partial charge in [-0.2, -0.15) is 8.78 Å². The molecule has 7 heteroatoms. The number of alkyl halides is 2. The zero-order chi connectivity index (χ0) is 17.2. The van der Waals surface area contributed by atoms with Crippen LogP contribution >= 0.6 is 21.6 Å². The highest BCUT2D eigenvalue weighted by Crippen LogP contribution is 2.39. The van der Waals surface area contributed by atoms with Crippen LogP contribution in [0.1, 0.15) is 37.7 Å². The highest BCUT2D eigenvalue weighted by molar-refractivity contribution is 8.77. The van der Waals surface area contributed by atoms with Crippen molar-refractivity contribution in [3.05, 3.63) is 29.8 Å². The van der Waals surface area contributed by atoms with Gasteiger partial charge in [-0.25, -0.2) is 0 Å². The van der Waals surface area contributed by atoms with Crippen molar-refractivity contribution in [2.24, 2.45) is 0 Å². The molecule has 0 radical (unpaired) electrons. The summed E-state index contributed by atoms with van der Waals surface area (Å²) in [6, 6.07) is 6.51. The molecule has 1 heterocycles. The van der Waals surface area contributed by atoms with Crippen LogP contribution in [0.3, 0.4) is 0 Å². The first kappa shape index (κ1) is 19.4. The van der Waals surface area contributed by atoms with Gasteiger partial charge in [0.25, 0.3) is 0 Å². The van der Waals surface area contributed by atoms with Gasteiger partial charge in [-0.15, -0.1) is 0 Å². The Morgan fingerprint density at radius 3 is 2.75 bits per heavy atom. The molecule has 1 atom stereocenters. The minimum absolute atomic E-state index is 0.0844. The van der Waals surface area contributed by atoms with Crippen LogP contribution in [0.15, 0.2) is 24.3 Å². The first-order chi connectivity index (χ1) is 11.6. The molecule has 0 aliphatic carbocycles. The first-order valence-corrected chi connectivity index (χ1v) is 10.6. The number of hydrogen-bond acceptors (Lipinski definition) is 4. The summed E-state index contributed by atoms with van der Waals surface area (Å²) in [5.41, 5.74) is 0.979. The third kappa shape index (κ3) is 7.75. The molecule has 1 saturated heterocycles. The standard InChI is InChI=1S/C17H23F2NO2S2/c18-17(19)22-14-7-5-13(6-8-14)9-11-20-16(21)4-2-1-3-15-10-12-23-24-15/h5-8,15,17H,1-4,9-12H2,(H,20,21). The quantitative estimate of drug-likeness (QED) is 0.477. The average molecular weight is 376 g/mol. The van der Waals surface area contributed by atoms with Crippen molar-refractivity contribution in [2.75, 3.05) is 12.3 Å². The van der Waals surface area contributed by atoms with E-state index in [1.807, 2.05) is 21.6 Å². The number of unbranched alkanes of at least 4 members (excludes halogenated alkanes) is 1. The lowest BCUT2D eigenvalue weighted by Crippen LogP contribution is -2.25. The lowest BCUT2D eigenvalue weighted by molar-refractivity contribution is -0.121. The Balaban J connectivity index is 1.53. The first-order valence-electron chi connectivity index (χ1n) is 8.22. The van der Waals surface area contributed by atoms with Crippen LogP contribution in [-0.2, 0) is 11.2 Å². The fourth-order valence-corrected chi connectivity index (χ4v) is 5.52. The number of ether oxygens (including phenoxy) is 1. The van der Waals surface area contributed by atoms with Crippen molar-refractivity contribution < 1.29 is 18.3 Å². The summed E-state index contributed by atoms with van der Waals surface area (Å²) in [5.74, 6) is 1.49. The summed E-state index contributed by atoms with van der Waals surface area (Å²) in [6.07, 6.45) is 5.80. The fourth-order valence-electron chi connectivity index (χ4n) is 2.49. The highest BCUT2D eigenvalue weighted by Gasteiger charge is 2.15. The number of carbonyl (C=O) groups excluding carboxylic acids is 1. The Bertz CT molecular complexity index is 494. The maximum atomic E-state index is 12.1. The molecule has 1 aliphatic rings. The van der Waals surface area contributed by atoms with E-state index in [4.69, 9.17) is 0 Å². The lowest BCUT2D eigenvalue weighted by atomic mass is 10.1. The zero-order valence-corrected chi connectivity index (χ0v) is 15.1. The second-order valence-corrected chi connectivity index (χ2v) is 8.48.